The second-order valence-corrected chi connectivity index (χ2v) is 3.87. The predicted octanol–water partition coefficient (Wildman–Crippen LogP) is 0.969. The number of benzene rings is 1. The van der Waals surface area contributed by atoms with Crippen molar-refractivity contribution in [1.29, 1.82) is 0 Å². The summed E-state index contributed by atoms with van der Waals surface area (Å²) >= 11 is 0. The fourth-order valence-corrected chi connectivity index (χ4v) is 1.36. The largest absolute Gasteiger partial charge is 0.416 e. The molecular formula is C12H15F3N4O. The van der Waals surface area contributed by atoms with Crippen molar-refractivity contribution in [3.05, 3.63) is 35.4 Å². The Balaban J connectivity index is 2.48. The van der Waals surface area contributed by atoms with Crippen LogP contribution in [0, 0.1) is 0 Å². The standard InChI is InChI=1S/C12H15F3N4O/c1-17-11(16)19-7-6-18-10(20)8-2-4-9(5-3-8)12(13,14)15/h2-5H,6-7H2,1H3,(H,18,20)(H3,16,17,19). The highest BCUT2D eigenvalue weighted by Crippen LogP contribution is 2.28. The number of hydrogen-bond acceptors (Lipinski definition) is 2. The Bertz CT molecular complexity index is 482. The van der Waals surface area contributed by atoms with E-state index in [0.29, 0.717) is 6.54 Å². The molecule has 0 fully saturated rings. The quantitative estimate of drug-likeness (QED) is 0.439. The van der Waals surface area contributed by atoms with E-state index in [4.69, 9.17) is 5.73 Å². The lowest BCUT2D eigenvalue weighted by Gasteiger charge is -2.09. The summed E-state index contributed by atoms with van der Waals surface area (Å²) in [6.07, 6.45) is -4.41. The molecule has 4 N–H and O–H groups in total. The number of halogens is 3. The Labute approximate surface area is 114 Å². The molecule has 20 heavy (non-hydrogen) atoms. The third-order valence-corrected chi connectivity index (χ3v) is 2.43. The third kappa shape index (κ3) is 4.79. The lowest BCUT2D eigenvalue weighted by Crippen LogP contribution is -2.38. The summed E-state index contributed by atoms with van der Waals surface area (Å²) in [6.45, 7) is 0.644. The van der Waals surface area contributed by atoms with Gasteiger partial charge in [0.2, 0.25) is 0 Å². The summed E-state index contributed by atoms with van der Waals surface area (Å²) in [6, 6.07) is 4.00. The Hall–Kier alpha value is -2.25. The van der Waals surface area contributed by atoms with Crippen LogP contribution in [0.4, 0.5) is 13.2 Å². The van der Waals surface area contributed by atoms with Crippen molar-refractivity contribution >= 4 is 11.9 Å². The molecule has 0 saturated heterocycles. The zero-order chi connectivity index (χ0) is 15.2. The van der Waals surface area contributed by atoms with Gasteiger partial charge in [0.1, 0.15) is 0 Å². The van der Waals surface area contributed by atoms with Gasteiger partial charge in [-0.1, -0.05) is 0 Å². The number of aliphatic imine (C=N–C) groups is 1. The summed E-state index contributed by atoms with van der Waals surface area (Å²) in [5.41, 5.74) is 4.75. The molecule has 0 bridgehead atoms. The average Bonchev–Trinajstić information content (AvgIpc) is 2.42. The van der Waals surface area contributed by atoms with Gasteiger partial charge in [0.15, 0.2) is 5.96 Å². The molecule has 0 atom stereocenters. The van der Waals surface area contributed by atoms with E-state index in [9.17, 15) is 18.0 Å². The lowest BCUT2D eigenvalue weighted by molar-refractivity contribution is -0.137. The summed E-state index contributed by atoms with van der Waals surface area (Å²) < 4.78 is 37.0. The van der Waals surface area contributed by atoms with Crippen LogP contribution in [0.25, 0.3) is 0 Å². The van der Waals surface area contributed by atoms with Gasteiger partial charge < -0.3 is 16.4 Å². The first kappa shape index (κ1) is 15.8. The topological polar surface area (TPSA) is 79.5 Å². The second kappa shape index (κ2) is 6.78. The van der Waals surface area contributed by atoms with E-state index < -0.39 is 17.6 Å². The Morgan fingerprint density at radius 1 is 1.20 bits per heavy atom. The van der Waals surface area contributed by atoms with Crippen molar-refractivity contribution in [2.24, 2.45) is 10.7 Å². The van der Waals surface area contributed by atoms with E-state index in [-0.39, 0.29) is 18.1 Å². The number of hydrogen-bond donors (Lipinski definition) is 3. The van der Waals surface area contributed by atoms with Crippen LogP contribution in [0.15, 0.2) is 29.3 Å². The normalized spacial score (nSPS) is 12.1. The molecule has 1 amide bonds. The van der Waals surface area contributed by atoms with Crippen molar-refractivity contribution in [3.8, 4) is 0 Å². The SMILES string of the molecule is CN=C(N)NCCNC(=O)c1ccc(C(F)(F)F)cc1. The fourth-order valence-electron chi connectivity index (χ4n) is 1.36. The van der Waals surface area contributed by atoms with Gasteiger partial charge in [0.25, 0.3) is 5.91 Å². The van der Waals surface area contributed by atoms with Crippen molar-refractivity contribution in [2.45, 2.75) is 6.18 Å². The zero-order valence-electron chi connectivity index (χ0n) is 10.8. The molecule has 8 heteroatoms. The van der Waals surface area contributed by atoms with E-state index in [2.05, 4.69) is 15.6 Å². The third-order valence-electron chi connectivity index (χ3n) is 2.43. The Morgan fingerprint density at radius 3 is 2.25 bits per heavy atom. The van der Waals surface area contributed by atoms with E-state index in [1.165, 1.54) is 7.05 Å². The molecule has 5 nitrogen and oxygen atoms in total. The lowest BCUT2D eigenvalue weighted by atomic mass is 10.1. The highest BCUT2D eigenvalue weighted by molar-refractivity contribution is 5.94. The van der Waals surface area contributed by atoms with Crippen molar-refractivity contribution in [2.75, 3.05) is 20.1 Å². The number of rotatable bonds is 4. The van der Waals surface area contributed by atoms with E-state index in [1.807, 2.05) is 0 Å². The highest BCUT2D eigenvalue weighted by atomic mass is 19.4. The number of guanidine groups is 1. The van der Waals surface area contributed by atoms with Gasteiger partial charge in [-0.15, -0.1) is 0 Å². The van der Waals surface area contributed by atoms with E-state index in [0.717, 1.165) is 24.3 Å². The Morgan fingerprint density at radius 2 is 1.75 bits per heavy atom. The van der Waals surface area contributed by atoms with Crippen LogP contribution in [-0.4, -0.2) is 32.0 Å². The maximum absolute atomic E-state index is 12.3. The highest BCUT2D eigenvalue weighted by Gasteiger charge is 2.30. The number of carbonyl (C=O) groups is 1. The summed E-state index contributed by atoms with van der Waals surface area (Å²) in [4.78, 5) is 15.3. The van der Waals surface area contributed by atoms with E-state index >= 15 is 0 Å². The molecule has 0 saturated carbocycles. The van der Waals surface area contributed by atoms with Crippen LogP contribution in [0.3, 0.4) is 0 Å². The molecule has 0 aliphatic heterocycles. The first-order valence-corrected chi connectivity index (χ1v) is 5.76. The van der Waals surface area contributed by atoms with Crippen LogP contribution >= 0.6 is 0 Å². The van der Waals surface area contributed by atoms with Crippen LogP contribution in [0.2, 0.25) is 0 Å². The van der Waals surface area contributed by atoms with Crippen LogP contribution < -0.4 is 16.4 Å². The number of nitrogens with two attached hydrogens (primary N) is 1. The van der Waals surface area contributed by atoms with Gasteiger partial charge in [-0.3, -0.25) is 9.79 Å². The minimum atomic E-state index is -4.41. The molecule has 0 aliphatic rings. The summed E-state index contributed by atoms with van der Waals surface area (Å²) in [5, 5.41) is 5.28. The number of amides is 1. The predicted molar refractivity (Wildman–Crippen MR) is 69.3 cm³/mol. The number of carbonyl (C=O) groups excluding carboxylic acids is 1. The number of nitrogens with one attached hydrogen (secondary N) is 2. The average molecular weight is 288 g/mol. The van der Waals surface area contributed by atoms with Crippen LogP contribution in [-0.2, 0) is 6.18 Å². The van der Waals surface area contributed by atoms with Gasteiger partial charge in [-0.05, 0) is 24.3 Å². The molecule has 0 unspecified atom stereocenters. The van der Waals surface area contributed by atoms with Crippen molar-refractivity contribution < 1.29 is 18.0 Å². The molecule has 0 heterocycles. The zero-order valence-corrected chi connectivity index (χ0v) is 10.8. The van der Waals surface area contributed by atoms with Gasteiger partial charge in [-0.2, -0.15) is 13.2 Å². The van der Waals surface area contributed by atoms with Gasteiger partial charge in [0, 0.05) is 25.7 Å². The molecule has 0 radical (unpaired) electrons. The monoisotopic (exact) mass is 288 g/mol. The molecule has 1 rings (SSSR count). The van der Waals surface area contributed by atoms with E-state index in [1.54, 1.807) is 0 Å². The minimum Gasteiger partial charge on any atom is -0.370 e. The summed E-state index contributed by atoms with van der Waals surface area (Å²) in [7, 11) is 1.52. The van der Waals surface area contributed by atoms with Crippen LogP contribution in [0.5, 0.6) is 0 Å². The minimum absolute atomic E-state index is 0.162. The molecule has 1 aromatic carbocycles. The molecule has 0 aromatic heterocycles. The Kier molecular flexibility index (Phi) is 5.36. The molecule has 0 spiro atoms. The smallest absolute Gasteiger partial charge is 0.370 e. The molecule has 1 aromatic rings. The molecule has 0 aliphatic carbocycles. The summed E-state index contributed by atoms with van der Waals surface area (Å²) in [5.74, 6) is -0.207. The first-order chi connectivity index (χ1) is 9.34. The maximum atomic E-state index is 12.3. The van der Waals surface area contributed by atoms with Crippen LogP contribution in [0.1, 0.15) is 15.9 Å². The van der Waals surface area contributed by atoms with Crippen molar-refractivity contribution in [3.63, 3.8) is 0 Å². The number of alkyl halides is 3. The number of nitrogens with zero attached hydrogens (tertiary/aromatic N) is 1. The van der Waals surface area contributed by atoms with Crippen molar-refractivity contribution in [1.82, 2.24) is 10.6 Å². The molecule has 110 valence electrons. The maximum Gasteiger partial charge on any atom is 0.416 e. The van der Waals surface area contributed by atoms with Gasteiger partial charge >= 0.3 is 6.18 Å². The fraction of sp³-hybridized carbons (Fsp3) is 0.333. The van der Waals surface area contributed by atoms with Gasteiger partial charge in [0.05, 0.1) is 5.56 Å². The van der Waals surface area contributed by atoms with Gasteiger partial charge in [-0.25, -0.2) is 0 Å². The second-order valence-electron chi connectivity index (χ2n) is 3.87. The first-order valence-electron chi connectivity index (χ1n) is 5.76. The molecular weight excluding hydrogens is 273 g/mol.